The van der Waals surface area contributed by atoms with Crippen LogP contribution in [0.2, 0.25) is 0 Å². The van der Waals surface area contributed by atoms with Crippen LogP contribution in [-0.4, -0.2) is 36.4 Å². The largest absolute Gasteiger partial charge is 0.478 e. The highest BCUT2D eigenvalue weighted by atomic mass is 16.5. The van der Waals surface area contributed by atoms with Gasteiger partial charge in [-0.2, -0.15) is 0 Å². The Hall–Kier alpha value is -2.08. The number of methoxy groups -OCH3 is 1. The summed E-state index contributed by atoms with van der Waals surface area (Å²) in [5.41, 5.74) is 0.358. The minimum atomic E-state index is -1.07. The molecule has 0 saturated heterocycles. The highest BCUT2D eigenvalue weighted by Gasteiger charge is 2.30. The maximum absolute atomic E-state index is 11.7. The van der Waals surface area contributed by atoms with E-state index in [1.807, 2.05) is 0 Å². The van der Waals surface area contributed by atoms with Crippen LogP contribution in [-0.2, 0) is 4.74 Å². The van der Waals surface area contributed by atoms with Crippen LogP contribution in [0.15, 0.2) is 24.3 Å². The second kappa shape index (κ2) is 5.71. The summed E-state index contributed by atoms with van der Waals surface area (Å²) in [5.74, 6) is -1.07. The van der Waals surface area contributed by atoms with Gasteiger partial charge in [-0.15, -0.1) is 0 Å². The van der Waals surface area contributed by atoms with Gasteiger partial charge >= 0.3 is 12.0 Å². The Balaban J connectivity index is 1.91. The summed E-state index contributed by atoms with van der Waals surface area (Å²) in [6.07, 6.45) is 1.77. The van der Waals surface area contributed by atoms with Crippen molar-refractivity contribution in [3.63, 3.8) is 0 Å². The first-order valence-electron chi connectivity index (χ1n) is 6.02. The van der Waals surface area contributed by atoms with Gasteiger partial charge in [0.1, 0.15) is 0 Å². The van der Waals surface area contributed by atoms with E-state index in [0.717, 1.165) is 12.8 Å². The number of benzene rings is 1. The summed E-state index contributed by atoms with van der Waals surface area (Å²) in [4.78, 5) is 22.7. The summed E-state index contributed by atoms with van der Waals surface area (Å²) in [6.45, 7) is 0. The smallest absolute Gasteiger partial charge is 0.337 e. The number of carboxylic acid groups (broad SMARTS) is 1. The van der Waals surface area contributed by atoms with Crippen molar-refractivity contribution in [2.45, 2.75) is 25.0 Å². The molecule has 2 rings (SSSR count). The fourth-order valence-corrected chi connectivity index (χ4v) is 2.00. The number of para-hydroxylation sites is 1. The molecule has 6 heteroatoms. The Kier molecular flexibility index (Phi) is 4.01. The number of carbonyl (C=O) groups excluding carboxylic acids is 1. The Morgan fingerprint density at radius 3 is 2.63 bits per heavy atom. The Morgan fingerprint density at radius 2 is 2.00 bits per heavy atom. The number of hydrogen-bond donors (Lipinski definition) is 3. The molecule has 1 aromatic carbocycles. The zero-order valence-corrected chi connectivity index (χ0v) is 10.6. The molecular weight excluding hydrogens is 248 g/mol. The topological polar surface area (TPSA) is 87.7 Å². The van der Waals surface area contributed by atoms with E-state index in [2.05, 4.69) is 10.6 Å². The highest BCUT2D eigenvalue weighted by molar-refractivity contribution is 6.00. The van der Waals surface area contributed by atoms with Gasteiger partial charge in [-0.1, -0.05) is 12.1 Å². The summed E-state index contributed by atoms with van der Waals surface area (Å²) < 4.78 is 5.12. The Bertz CT molecular complexity index is 483. The number of carbonyl (C=O) groups is 2. The van der Waals surface area contributed by atoms with Crippen LogP contribution in [0.1, 0.15) is 23.2 Å². The van der Waals surface area contributed by atoms with Crippen LogP contribution in [0.5, 0.6) is 0 Å². The van der Waals surface area contributed by atoms with Gasteiger partial charge in [0.05, 0.1) is 17.4 Å². The normalized spacial score (nSPS) is 21.3. The molecule has 0 aromatic heterocycles. The standard InChI is InChI=1S/C13H16N2O4/c1-19-9-6-8(7-9)14-13(18)15-11-5-3-2-4-10(11)12(16)17/h2-5,8-9H,6-7H2,1H3,(H,16,17)(H2,14,15,18). The first kappa shape index (κ1) is 13.4. The lowest BCUT2D eigenvalue weighted by Crippen LogP contribution is -2.48. The molecule has 0 bridgehead atoms. The maximum atomic E-state index is 11.7. The molecule has 3 N–H and O–H groups in total. The number of anilines is 1. The second-order valence-electron chi connectivity index (χ2n) is 4.48. The average Bonchev–Trinajstić information content (AvgIpc) is 2.33. The van der Waals surface area contributed by atoms with Gasteiger partial charge in [0.15, 0.2) is 0 Å². The van der Waals surface area contributed by atoms with Crippen molar-refractivity contribution in [3.8, 4) is 0 Å². The van der Waals surface area contributed by atoms with E-state index >= 15 is 0 Å². The van der Waals surface area contributed by atoms with Crippen molar-refractivity contribution in [3.05, 3.63) is 29.8 Å². The van der Waals surface area contributed by atoms with Crippen molar-refractivity contribution in [1.29, 1.82) is 0 Å². The minimum absolute atomic E-state index is 0.0704. The molecule has 1 aliphatic carbocycles. The fourth-order valence-electron chi connectivity index (χ4n) is 2.00. The van der Waals surface area contributed by atoms with E-state index in [-0.39, 0.29) is 23.4 Å². The predicted molar refractivity (Wildman–Crippen MR) is 69.4 cm³/mol. The summed E-state index contributed by atoms with van der Waals surface area (Å²) >= 11 is 0. The van der Waals surface area contributed by atoms with Crippen LogP contribution in [0, 0.1) is 0 Å². The summed E-state index contributed by atoms with van der Waals surface area (Å²) in [7, 11) is 1.64. The average molecular weight is 264 g/mol. The van der Waals surface area contributed by atoms with Gasteiger partial charge < -0.3 is 20.5 Å². The third-order valence-electron chi connectivity index (χ3n) is 3.17. The van der Waals surface area contributed by atoms with Crippen LogP contribution >= 0.6 is 0 Å². The lowest BCUT2D eigenvalue weighted by Gasteiger charge is -2.34. The van der Waals surface area contributed by atoms with Gasteiger partial charge in [0, 0.05) is 13.2 Å². The first-order valence-corrected chi connectivity index (χ1v) is 6.02. The number of rotatable bonds is 4. The van der Waals surface area contributed by atoms with Gasteiger partial charge in [-0.05, 0) is 25.0 Å². The molecule has 6 nitrogen and oxygen atoms in total. The van der Waals surface area contributed by atoms with Gasteiger partial charge in [-0.3, -0.25) is 0 Å². The van der Waals surface area contributed by atoms with Crippen LogP contribution in [0.3, 0.4) is 0 Å². The molecule has 0 aliphatic heterocycles. The van der Waals surface area contributed by atoms with E-state index in [9.17, 15) is 9.59 Å². The molecule has 1 saturated carbocycles. The number of ether oxygens (including phenoxy) is 1. The zero-order valence-electron chi connectivity index (χ0n) is 10.6. The van der Waals surface area contributed by atoms with Crippen molar-refractivity contribution < 1.29 is 19.4 Å². The first-order chi connectivity index (χ1) is 9.10. The molecule has 1 aromatic rings. The Labute approximate surface area is 110 Å². The quantitative estimate of drug-likeness (QED) is 0.772. The maximum Gasteiger partial charge on any atom is 0.337 e. The molecule has 0 spiro atoms. The van der Waals surface area contributed by atoms with E-state index in [1.54, 1.807) is 25.3 Å². The molecule has 0 radical (unpaired) electrons. The molecule has 1 aliphatic rings. The fraction of sp³-hybridized carbons (Fsp3) is 0.385. The number of amides is 2. The van der Waals surface area contributed by atoms with Crippen molar-refractivity contribution >= 4 is 17.7 Å². The molecule has 19 heavy (non-hydrogen) atoms. The SMILES string of the molecule is COC1CC(NC(=O)Nc2ccccc2C(=O)O)C1. The number of carboxylic acids is 1. The van der Waals surface area contributed by atoms with E-state index < -0.39 is 12.0 Å². The zero-order chi connectivity index (χ0) is 13.8. The molecule has 1 fully saturated rings. The van der Waals surface area contributed by atoms with Crippen LogP contribution < -0.4 is 10.6 Å². The van der Waals surface area contributed by atoms with Gasteiger partial charge in [0.2, 0.25) is 0 Å². The van der Waals surface area contributed by atoms with Gasteiger partial charge in [0.25, 0.3) is 0 Å². The van der Waals surface area contributed by atoms with E-state index in [1.165, 1.54) is 6.07 Å². The Morgan fingerprint density at radius 1 is 1.32 bits per heavy atom. The molecule has 2 amide bonds. The second-order valence-corrected chi connectivity index (χ2v) is 4.48. The van der Waals surface area contributed by atoms with Crippen LogP contribution in [0.25, 0.3) is 0 Å². The third-order valence-corrected chi connectivity index (χ3v) is 3.17. The van der Waals surface area contributed by atoms with Crippen LogP contribution in [0.4, 0.5) is 10.5 Å². The molecule has 0 heterocycles. The van der Waals surface area contributed by atoms with Crippen molar-refractivity contribution in [1.82, 2.24) is 5.32 Å². The van der Waals surface area contributed by atoms with Crippen molar-refractivity contribution in [2.24, 2.45) is 0 Å². The molecule has 102 valence electrons. The predicted octanol–water partition coefficient (Wildman–Crippen LogP) is 1.68. The summed E-state index contributed by atoms with van der Waals surface area (Å²) in [6, 6.07) is 5.98. The minimum Gasteiger partial charge on any atom is -0.478 e. The number of nitrogens with one attached hydrogen (secondary N) is 2. The van der Waals surface area contributed by atoms with Gasteiger partial charge in [-0.25, -0.2) is 9.59 Å². The molecular formula is C13H16N2O4. The highest BCUT2D eigenvalue weighted by Crippen LogP contribution is 2.22. The third kappa shape index (κ3) is 3.23. The molecule has 0 atom stereocenters. The van der Waals surface area contributed by atoms with E-state index in [0.29, 0.717) is 0 Å². The van der Waals surface area contributed by atoms with E-state index in [4.69, 9.17) is 9.84 Å². The number of aromatic carboxylic acids is 1. The number of urea groups is 1. The lowest BCUT2D eigenvalue weighted by molar-refractivity contribution is 0.0210. The lowest BCUT2D eigenvalue weighted by atomic mass is 9.89. The monoisotopic (exact) mass is 264 g/mol. The number of hydrogen-bond acceptors (Lipinski definition) is 3. The molecule has 0 unspecified atom stereocenters. The summed E-state index contributed by atoms with van der Waals surface area (Å²) in [5, 5.41) is 14.3. The van der Waals surface area contributed by atoms with Crippen molar-refractivity contribution in [2.75, 3.05) is 12.4 Å².